The zero-order valence-corrected chi connectivity index (χ0v) is 14.4. The first-order chi connectivity index (χ1) is 10.5. The quantitative estimate of drug-likeness (QED) is 0.820. The van der Waals surface area contributed by atoms with Gasteiger partial charge in [-0.25, -0.2) is 13.1 Å². The molecule has 0 heterocycles. The van der Waals surface area contributed by atoms with E-state index in [9.17, 15) is 8.42 Å². The average Bonchev–Trinajstić information content (AvgIpc) is 2.54. The second-order valence-electron chi connectivity index (χ2n) is 4.76. The van der Waals surface area contributed by atoms with Crippen molar-refractivity contribution in [3.8, 4) is 5.75 Å². The molecular weight excluding hydrogens is 318 g/mol. The lowest BCUT2D eigenvalue weighted by atomic mass is 10.1. The van der Waals surface area contributed by atoms with Crippen molar-refractivity contribution in [2.24, 2.45) is 0 Å². The first-order valence-electron chi connectivity index (χ1n) is 6.77. The van der Waals surface area contributed by atoms with Crippen LogP contribution in [0.15, 0.2) is 58.3 Å². The van der Waals surface area contributed by atoms with Gasteiger partial charge in [0.15, 0.2) is 0 Å². The summed E-state index contributed by atoms with van der Waals surface area (Å²) in [6, 6.07) is 13.8. The molecule has 0 saturated heterocycles. The number of nitrogens with one attached hydrogen (secondary N) is 1. The molecule has 2 rings (SSSR count). The molecule has 0 aliphatic carbocycles. The normalized spacial score (nSPS) is 12.9. The molecule has 0 fully saturated rings. The molecule has 118 valence electrons. The minimum atomic E-state index is -3.57. The molecule has 0 bridgehead atoms. The molecule has 0 saturated carbocycles. The fourth-order valence-corrected chi connectivity index (χ4v) is 3.77. The molecule has 4 nitrogen and oxygen atoms in total. The van der Waals surface area contributed by atoms with Crippen molar-refractivity contribution in [1.82, 2.24) is 4.72 Å². The Bertz CT molecular complexity index is 727. The van der Waals surface area contributed by atoms with E-state index in [1.807, 2.05) is 30.5 Å². The molecule has 2 aromatic carbocycles. The minimum Gasteiger partial charge on any atom is -0.496 e. The summed E-state index contributed by atoms with van der Waals surface area (Å²) in [6.07, 6.45) is 1.95. The predicted molar refractivity (Wildman–Crippen MR) is 90.0 cm³/mol. The van der Waals surface area contributed by atoms with Crippen LogP contribution in [0.1, 0.15) is 18.5 Å². The highest BCUT2D eigenvalue weighted by Crippen LogP contribution is 2.26. The van der Waals surface area contributed by atoms with E-state index in [2.05, 4.69) is 4.72 Å². The van der Waals surface area contributed by atoms with Crippen LogP contribution in [0, 0.1) is 0 Å². The summed E-state index contributed by atoms with van der Waals surface area (Å²) in [4.78, 5) is 1.28. The van der Waals surface area contributed by atoms with Gasteiger partial charge in [-0.05, 0) is 43.5 Å². The third-order valence-corrected chi connectivity index (χ3v) is 5.61. The van der Waals surface area contributed by atoms with E-state index in [1.54, 1.807) is 50.1 Å². The smallest absolute Gasteiger partial charge is 0.241 e. The lowest BCUT2D eigenvalue weighted by Crippen LogP contribution is -2.27. The Labute approximate surface area is 135 Å². The van der Waals surface area contributed by atoms with Gasteiger partial charge in [-0.3, -0.25) is 0 Å². The van der Waals surface area contributed by atoms with Gasteiger partial charge in [0.1, 0.15) is 5.75 Å². The molecule has 2 aromatic rings. The Hall–Kier alpha value is -1.50. The summed E-state index contributed by atoms with van der Waals surface area (Å²) in [5.41, 5.74) is 0.800. The Morgan fingerprint density at radius 1 is 1.09 bits per heavy atom. The minimum absolute atomic E-state index is 0.257. The van der Waals surface area contributed by atoms with Crippen molar-refractivity contribution in [2.75, 3.05) is 13.4 Å². The molecule has 1 atom stereocenters. The molecular formula is C16H19NO3S2. The maximum Gasteiger partial charge on any atom is 0.241 e. The highest BCUT2D eigenvalue weighted by atomic mass is 32.2. The summed E-state index contributed by atoms with van der Waals surface area (Å²) in [5, 5.41) is 0. The second-order valence-corrected chi connectivity index (χ2v) is 7.35. The molecule has 0 amide bonds. The second kappa shape index (κ2) is 7.17. The summed E-state index contributed by atoms with van der Waals surface area (Å²) in [5.74, 6) is 0.662. The standard InChI is InChI=1S/C16H19NO3S2/c1-12(15-6-4-5-7-16(15)20-2)17-22(18,19)14-10-8-13(21-3)9-11-14/h4-12,17H,1-3H3/t12-/m1/s1. The van der Waals surface area contributed by atoms with Crippen LogP contribution in [-0.2, 0) is 10.0 Å². The number of hydrogen-bond acceptors (Lipinski definition) is 4. The topological polar surface area (TPSA) is 55.4 Å². The van der Waals surface area contributed by atoms with Crippen LogP contribution >= 0.6 is 11.8 Å². The Morgan fingerprint density at radius 2 is 1.73 bits per heavy atom. The third kappa shape index (κ3) is 3.82. The van der Waals surface area contributed by atoms with Gasteiger partial charge in [-0.1, -0.05) is 18.2 Å². The molecule has 0 unspecified atom stereocenters. The van der Waals surface area contributed by atoms with Crippen LogP contribution in [0.3, 0.4) is 0 Å². The molecule has 6 heteroatoms. The van der Waals surface area contributed by atoms with E-state index in [-0.39, 0.29) is 10.9 Å². The van der Waals surface area contributed by atoms with E-state index in [1.165, 1.54) is 0 Å². The molecule has 0 aromatic heterocycles. The summed E-state index contributed by atoms with van der Waals surface area (Å²) >= 11 is 1.57. The lowest BCUT2D eigenvalue weighted by Gasteiger charge is -2.17. The van der Waals surface area contributed by atoms with Crippen molar-refractivity contribution in [2.45, 2.75) is 22.8 Å². The Balaban J connectivity index is 2.23. The van der Waals surface area contributed by atoms with Crippen molar-refractivity contribution < 1.29 is 13.2 Å². The van der Waals surface area contributed by atoms with Gasteiger partial charge in [0.2, 0.25) is 10.0 Å². The Kier molecular flexibility index (Phi) is 5.50. The first kappa shape index (κ1) is 16.9. The third-order valence-electron chi connectivity index (χ3n) is 3.31. The number of methoxy groups -OCH3 is 1. The van der Waals surface area contributed by atoms with E-state index >= 15 is 0 Å². The van der Waals surface area contributed by atoms with Gasteiger partial charge in [-0.2, -0.15) is 0 Å². The molecule has 1 N–H and O–H groups in total. The van der Waals surface area contributed by atoms with Crippen molar-refractivity contribution in [3.63, 3.8) is 0 Å². The lowest BCUT2D eigenvalue weighted by molar-refractivity contribution is 0.405. The van der Waals surface area contributed by atoms with E-state index in [0.29, 0.717) is 5.75 Å². The van der Waals surface area contributed by atoms with Gasteiger partial charge in [0.25, 0.3) is 0 Å². The SMILES string of the molecule is COc1ccccc1[C@@H](C)NS(=O)(=O)c1ccc(SC)cc1. The number of rotatable bonds is 6. The van der Waals surface area contributed by atoms with Crippen LogP contribution in [0.25, 0.3) is 0 Å². The monoisotopic (exact) mass is 337 g/mol. The van der Waals surface area contributed by atoms with Gasteiger partial charge in [0, 0.05) is 16.5 Å². The number of ether oxygens (including phenoxy) is 1. The molecule has 0 radical (unpaired) electrons. The maximum atomic E-state index is 12.5. The number of thioether (sulfide) groups is 1. The highest BCUT2D eigenvalue weighted by Gasteiger charge is 2.20. The van der Waals surface area contributed by atoms with Crippen molar-refractivity contribution >= 4 is 21.8 Å². The molecule has 0 aliphatic heterocycles. The predicted octanol–water partition coefficient (Wildman–Crippen LogP) is 3.46. The molecule has 0 spiro atoms. The average molecular weight is 337 g/mol. The number of hydrogen-bond donors (Lipinski definition) is 1. The van der Waals surface area contributed by atoms with Crippen LogP contribution in [0.5, 0.6) is 5.75 Å². The largest absolute Gasteiger partial charge is 0.496 e. The first-order valence-corrected chi connectivity index (χ1v) is 9.48. The van der Waals surface area contributed by atoms with Gasteiger partial charge >= 0.3 is 0 Å². The van der Waals surface area contributed by atoms with E-state index in [0.717, 1.165) is 10.5 Å². The number of benzene rings is 2. The summed E-state index contributed by atoms with van der Waals surface area (Å²) in [7, 11) is -2.00. The molecule has 22 heavy (non-hydrogen) atoms. The van der Waals surface area contributed by atoms with Gasteiger partial charge < -0.3 is 4.74 Å². The Morgan fingerprint density at radius 3 is 2.32 bits per heavy atom. The van der Waals surface area contributed by atoms with Gasteiger partial charge in [-0.15, -0.1) is 11.8 Å². The summed E-state index contributed by atoms with van der Waals surface area (Å²) < 4.78 is 32.9. The van der Waals surface area contributed by atoms with Crippen LogP contribution in [-0.4, -0.2) is 21.8 Å². The number of para-hydroxylation sites is 1. The zero-order chi connectivity index (χ0) is 16.2. The fraction of sp³-hybridized carbons (Fsp3) is 0.250. The highest BCUT2D eigenvalue weighted by molar-refractivity contribution is 7.98. The van der Waals surface area contributed by atoms with Crippen LogP contribution in [0.4, 0.5) is 0 Å². The zero-order valence-electron chi connectivity index (χ0n) is 12.7. The van der Waals surface area contributed by atoms with E-state index < -0.39 is 10.0 Å². The van der Waals surface area contributed by atoms with Crippen LogP contribution < -0.4 is 9.46 Å². The van der Waals surface area contributed by atoms with Crippen molar-refractivity contribution in [3.05, 3.63) is 54.1 Å². The van der Waals surface area contributed by atoms with Gasteiger partial charge in [0.05, 0.1) is 12.0 Å². The van der Waals surface area contributed by atoms with E-state index in [4.69, 9.17) is 4.74 Å². The number of sulfonamides is 1. The fourth-order valence-electron chi connectivity index (χ4n) is 2.14. The van der Waals surface area contributed by atoms with Crippen LogP contribution in [0.2, 0.25) is 0 Å². The maximum absolute atomic E-state index is 12.5. The van der Waals surface area contributed by atoms with Crippen molar-refractivity contribution in [1.29, 1.82) is 0 Å². The molecule has 0 aliphatic rings. The summed E-state index contributed by atoms with van der Waals surface area (Å²) in [6.45, 7) is 1.80.